The minimum atomic E-state index is -0.161. The van der Waals surface area contributed by atoms with E-state index < -0.39 is 0 Å². The van der Waals surface area contributed by atoms with E-state index in [9.17, 15) is 5.11 Å². The fourth-order valence-corrected chi connectivity index (χ4v) is 5.36. The summed E-state index contributed by atoms with van der Waals surface area (Å²) in [5, 5.41) is 10.2. The molecule has 0 spiro atoms. The van der Waals surface area contributed by atoms with Crippen molar-refractivity contribution in [2.45, 2.75) is 75.0 Å². The number of rotatable bonds is 4. The lowest BCUT2D eigenvalue weighted by Gasteiger charge is -2.43. The molecule has 0 amide bonds. The molecule has 4 rings (SSSR count). The van der Waals surface area contributed by atoms with Gasteiger partial charge in [-0.2, -0.15) is 0 Å². The van der Waals surface area contributed by atoms with Crippen LogP contribution in [0.15, 0.2) is 18.2 Å². The Bertz CT molecular complexity index is 613. The zero-order valence-electron chi connectivity index (χ0n) is 15.5. The van der Waals surface area contributed by atoms with Crippen LogP contribution in [0, 0.1) is 0 Å². The van der Waals surface area contributed by atoms with E-state index in [1.807, 2.05) is 0 Å². The van der Waals surface area contributed by atoms with E-state index in [0.29, 0.717) is 12.1 Å². The van der Waals surface area contributed by atoms with Crippen LogP contribution >= 0.6 is 0 Å². The van der Waals surface area contributed by atoms with Crippen LogP contribution in [0.25, 0.3) is 0 Å². The minimum Gasteiger partial charge on any atom is -0.493 e. The molecule has 2 aliphatic carbocycles. The molecule has 4 heteroatoms. The maximum Gasteiger partial charge on any atom is 0.161 e. The second-order valence-electron chi connectivity index (χ2n) is 8.22. The Morgan fingerprint density at radius 3 is 2.68 bits per heavy atom. The number of hydrogen-bond donors (Lipinski definition) is 1. The molecule has 2 saturated carbocycles. The monoisotopic (exact) mass is 345 g/mol. The molecule has 1 aliphatic heterocycles. The van der Waals surface area contributed by atoms with Crippen molar-refractivity contribution >= 4 is 0 Å². The van der Waals surface area contributed by atoms with Crippen LogP contribution in [-0.2, 0) is 5.41 Å². The maximum atomic E-state index is 10.2. The van der Waals surface area contributed by atoms with Gasteiger partial charge in [-0.1, -0.05) is 6.07 Å². The third kappa shape index (κ3) is 3.04. The zero-order chi connectivity index (χ0) is 17.4. The van der Waals surface area contributed by atoms with Gasteiger partial charge in [-0.3, -0.25) is 0 Å². The lowest BCUT2D eigenvalue weighted by atomic mass is 9.65. The van der Waals surface area contributed by atoms with Crippen molar-refractivity contribution in [3.63, 3.8) is 0 Å². The van der Waals surface area contributed by atoms with Crippen molar-refractivity contribution in [2.75, 3.05) is 20.7 Å². The Hall–Kier alpha value is -1.26. The summed E-state index contributed by atoms with van der Waals surface area (Å²) in [6, 6.07) is 6.96. The first-order chi connectivity index (χ1) is 12.1. The van der Waals surface area contributed by atoms with Crippen LogP contribution in [-0.4, -0.2) is 49.0 Å². The lowest BCUT2D eigenvalue weighted by molar-refractivity contribution is 0.0566. The number of hydrogen-bond acceptors (Lipinski definition) is 4. The highest BCUT2D eigenvalue weighted by Crippen LogP contribution is 2.50. The summed E-state index contributed by atoms with van der Waals surface area (Å²) in [7, 11) is 3.92. The van der Waals surface area contributed by atoms with Crippen molar-refractivity contribution in [3.05, 3.63) is 23.8 Å². The van der Waals surface area contributed by atoms with Crippen molar-refractivity contribution < 1.29 is 14.6 Å². The van der Waals surface area contributed by atoms with E-state index in [-0.39, 0.29) is 11.5 Å². The van der Waals surface area contributed by atoms with Crippen molar-refractivity contribution in [1.82, 2.24) is 4.90 Å². The number of likely N-dealkylation sites (N-methyl/N-ethyl adjacent to an activating group) is 1. The van der Waals surface area contributed by atoms with Gasteiger partial charge in [0, 0.05) is 11.5 Å². The first-order valence-corrected chi connectivity index (χ1v) is 9.86. The predicted octanol–water partition coefficient (Wildman–Crippen LogP) is 3.50. The minimum absolute atomic E-state index is 0.147. The Kier molecular flexibility index (Phi) is 4.67. The van der Waals surface area contributed by atoms with Crippen molar-refractivity contribution in [3.8, 4) is 11.5 Å². The van der Waals surface area contributed by atoms with Gasteiger partial charge in [0.15, 0.2) is 11.5 Å². The average molecular weight is 345 g/mol. The highest BCUT2D eigenvalue weighted by molar-refractivity contribution is 5.47. The summed E-state index contributed by atoms with van der Waals surface area (Å²) in [6.45, 7) is 1.10. The Morgan fingerprint density at radius 2 is 1.92 bits per heavy atom. The van der Waals surface area contributed by atoms with Crippen LogP contribution < -0.4 is 9.47 Å². The van der Waals surface area contributed by atoms with Crippen LogP contribution in [0.3, 0.4) is 0 Å². The number of aliphatic hydroxyl groups is 1. The zero-order valence-corrected chi connectivity index (χ0v) is 15.5. The molecule has 1 N–H and O–H groups in total. The summed E-state index contributed by atoms with van der Waals surface area (Å²) in [4.78, 5) is 2.43. The third-order valence-corrected chi connectivity index (χ3v) is 6.83. The van der Waals surface area contributed by atoms with Crippen LogP contribution in [0.2, 0.25) is 0 Å². The van der Waals surface area contributed by atoms with Gasteiger partial charge in [0.05, 0.1) is 19.3 Å². The second-order valence-corrected chi connectivity index (χ2v) is 8.22. The largest absolute Gasteiger partial charge is 0.493 e. The number of fused-ring (bicyclic) bond motifs is 1. The van der Waals surface area contributed by atoms with Crippen LogP contribution in [0.1, 0.15) is 56.9 Å². The maximum absolute atomic E-state index is 10.2. The normalized spacial score (nSPS) is 33.4. The Morgan fingerprint density at radius 1 is 1.12 bits per heavy atom. The van der Waals surface area contributed by atoms with Gasteiger partial charge in [0.1, 0.15) is 0 Å². The molecule has 1 heterocycles. The molecule has 3 atom stereocenters. The predicted molar refractivity (Wildman–Crippen MR) is 98.4 cm³/mol. The summed E-state index contributed by atoms with van der Waals surface area (Å²) >= 11 is 0. The first-order valence-electron chi connectivity index (χ1n) is 9.86. The first kappa shape index (κ1) is 17.2. The summed E-state index contributed by atoms with van der Waals surface area (Å²) in [5.74, 6) is 1.74. The van der Waals surface area contributed by atoms with Crippen LogP contribution in [0.4, 0.5) is 0 Å². The molecule has 1 aromatic rings. The Labute approximate surface area is 151 Å². The molecule has 0 aromatic heterocycles. The fraction of sp³-hybridized carbons (Fsp3) is 0.714. The summed E-state index contributed by atoms with van der Waals surface area (Å²) in [5.41, 5.74) is 1.51. The van der Waals surface area contributed by atoms with E-state index in [1.165, 1.54) is 18.4 Å². The summed E-state index contributed by atoms with van der Waals surface area (Å²) < 4.78 is 11.9. The molecular formula is C21H31NO3. The van der Waals surface area contributed by atoms with Gasteiger partial charge in [0.2, 0.25) is 0 Å². The van der Waals surface area contributed by atoms with Gasteiger partial charge in [0.25, 0.3) is 0 Å². The number of benzene rings is 1. The molecule has 1 saturated heterocycles. The topological polar surface area (TPSA) is 41.9 Å². The van der Waals surface area contributed by atoms with Gasteiger partial charge in [-0.25, -0.2) is 0 Å². The molecule has 0 bridgehead atoms. The van der Waals surface area contributed by atoms with Crippen molar-refractivity contribution in [2.24, 2.45) is 0 Å². The van der Waals surface area contributed by atoms with Crippen LogP contribution in [0.5, 0.6) is 11.5 Å². The smallest absolute Gasteiger partial charge is 0.161 e. The van der Waals surface area contributed by atoms with E-state index in [2.05, 4.69) is 30.1 Å². The molecule has 1 aromatic carbocycles. The molecule has 3 aliphatic rings. The molecule has 4 nitrogen and oxygen atoms in total. The molecule has 0 unspecified atom stereocenters. The van der Waals surface area contributed by atoms with Gasteiger partial charge in [-0.15, -0.1) is 0 Å². The quantitative estimate of drug-likeness (QED) is 0.907. The van der Waals surface area contributed by atoms with Gasteiger partial charge < -0.3 is 19.5 Å². The van der Waals surface area contributed by atoms with Gasteiger partial charge in [-0.05, 0) is 82.7 Å². The molecule has 25 heavy (non-hydrogen) atoms. The molecule has 0 radical (unpaired) electrons. The second kappa shape index (κ2) is 6.81. The number of ether oxygens (including phenoxy) is 2. The number of aliphatic hydroxyl groups excluding tert-OH is 1. The fourth-order valence-electron chi connectivity index (χ4n) is 5.36. The lowest BCUT2D eigenvalue weighted by Crippen LogP contribution is -2.47. The third-order valence-electron chi connectivity index (χ3n) is 6.83. The molecule has 3 fully saturated rings. The number of methoxy groups -OCH3 is 1. The van der Waals surface area contributed by atoms with E-state index >= 15 is 0 Å². The van der Waals surface area contributed by atoms with E-state index in [0.717, 1.165) is 56.6 Å². The van der Waals surface area contributed by atoms with Crippen molar-refractivity contribution in [1.29, 1.82) is 0 Å². The SMILES string of the molecule is COc1ccc([C@@]23CC[C@H](O)C[C@@H]2N(C)CC3)cc1OC1CCCC1. The average Bonchev–Trinajstić information content (AvgIpc) is 3.24. The van der Waals surface area contributed by atoms with E-state index in [1.54, 1.807) is 7.11 Å². The Balaban J connectivity index is 1.67. The standard InChI is InChI=1S/C21H31NO3/c1-22-12-11-21(10-9-16(23)14-20(21)22)15-7-8-18(24-2)19(13-15)25-17-5-3-4-6-17/h7-8,13,16-17,20,23H,3-6,9-12,14H2,1-2H3/t16-,20-,21-/m0/s1. The molecular weight excluding hydrogens is 314 g/mol. The van der Waals surface area contributed by atoms with Gasteiger partial charge >= 0.3 is 0 Å². The number of nitrogens with zero attached hydrogens (tertiary/aromatic N) is 1. The van der Waals surface area contributed by atoms with E-state index in [4.69, 9.17) is 9.47 Å². The molecule has 138 valence electrons. The summed E-state index contributed by atoms with van der Waals surface area (Å²) in [6.07, 6.45) is 8.99. The number of likely N-dealkylation sites (tertiary alicyclic amines) is 1. The highest BCUT2D eigenvalue weighted by Gasteiger charge is 2.50. The highest BCUT2D eigenvalue weighted by atomic mass is 16.5.